The van der Waals surface area contributed by atoms with E-state index in [-0.39, 0.29) is 12.6 Å². The third kappa shape index (κ3) is 6.54. The van der Waals surface area contributed by atoms with Crippen LogP contribution in [0.15, 0.2) is 0 Å². The molecule has 13 heavy (non-hydrogen) atoms. The van der Waals surface area contributed by atoms with E-state index in [1.807, 2.05) is 6.92 Å². The van der Waals surface area contributed by atoms with Gasteiger partial charge in [0.05, 0.1) is 6.61 Å². The first kappa shape index (κ1) is 12.4. The van der Waals surface area contributed by atoms with Gasteiger partial charge in [-0.1, -0.05) is 13.3 Å². The predicted octanol–water partition coefficient (Wildman–Crippen LogP) is 0.430. The van der Waals surface area contributed by atoms with Gasteiger partial charge in [0.1, 0.15) is 6.04 Å². The summed E-state index contributed by atoms with van der Waals surface area (Å²) in [5, 5.41) is 8.50. The molecule has 4 heteroatoms. The van der Waals surface area contributed by atoms with Crippen molar-refractivity contribution >= 4 is 5.97 Å². The van der Waals surface area contributed by atoms with Crippen molar-refractivity contribution in [2.75, 3.05) is 13.2 Å². The first-order valence-corrected chi connectivity index (χ1v) is 4.75. The lowest BCUT2D eigenvalue weighted by Gasteiger charge is -2.09. The normalized spacial score (nSPS) is 12.5. The van der Waals surface area contributed by atoms with Crippen LogP contribution in [0.5, 0.6) is 0 Å². The van der Waals surface area contributed by atoms with Gasteiger partial charge in [0, 0.05) is 6.61 Å². The molecule has 0 rings (SSSR count). The van der Waals surface area contributed by atoms with E-state index in [0.717, 1.165) is 12.8 Å². The molecule has 0 aromatic heterocycles. The van der Waals surface area contributed by atoms with E-state index in [1.54, 1.807) is 0 Å². The molecule has 0 aliphatic rings. The maximum Gasteiger partial charge on any atom is 0.322 e. The smallest absolute Gasteiger partial charge is 0.322 e. The molecule has 0 spiro atoms. The Hall–Kier alpha value is -0.610. The fraction of sp³-hybridized carbons (Fsp3) is 0.889. The Kier molecular flexibility index (Phi) is 7.63. The van der Waals surface area contributed by atoms with Crippen LogP contribution in [0.4, 0.5) is 0 Å². The lowest BCUT2D eigenvalue weighted by Crippen LogP contribution is -2.32. The molecule has 0 bridgehead atoms. The van der Waals surface area contributed by atoms with E-state index in [1.165, 1.54) is 0 Å². The molecule has 0 heterocycles. The number of aliphatic hydroxyl groups excluding tert-OH is 1. The van der Waals surface area contributed by atoms with Gasteiger partial charge in [0.2, 0.25) is 0 Å². The Balaban J connectivity index is 3.45. The Morgan fingerprint density at radius 2 is 2.23 bits per heavy atom. The number of hydrogen-bond acceptors (Lipinski definition) is 4. The number of hydrogen-bond donors (Lipinski definition) is 2. The predicted molar refractivity (Wildman–Crippen MR) is 50.2 cm³/mol. The van der Waals surface area contributed by atoms with E-state index in [4.69, 9.17) is 15.6 Å². The second-order valence-electron chi connectivity index (χ2n) is 2.99. The average molecular weight is 189 g/mol. The number of carbonyl (C=O) groups excluding carboxylic acids is 1. The summed E-state index contributed by atoms with van der Waals surface area (Å²) in [4.78, 5) is 11.1. The van der Waals surface area contributed by atoms with Crippen LogP contribution in [-0.2, 0) is 9.53 Å². The monoisotopic (exact) mass is 189 g/mol. The number of nitrogens with two attached hydrogens (primary N) is 1. The van der Waals surface area contributed by atoms with Crippen molar-refractivity contribution in [1.29, 1.82) is 0 Å². The van der Waals surface area contributed by atoms with Crippen LogP contribution < -0.4 is 5.73 Å². The van der Waals surface area contributed by atoms with Crippen LogP contribution >= 0.6 is 0 Å². The van der Waals surface area contributed by atoms with Gasteiger partial charge in [-0.3, -0.25) is 4.79 Å². The molecule has 0 aromatic rings. The molecular weight excluding hydrogens is 170 g/mol. The summed E-state index contributed by atoms with van der Waals surface area (Å²) < 4.78 is 4.90. The highest BCUT2D eigenvalue weighted by molar-refractivity contribution is 5.75. The molecule has 4 nitrogen and oxygen atoms in total. The summed E-state index contributed by atoms with van der Waals surface area (Å²) in [5.74, 6) is -0.359. The summed E-state index contributed by atoms with van der Waals surface area (Å²) in [7, 11) is 0. The number of rotatable bonds is 7. The largest absolute Gasteiger partial charge is 0.465 e. The molecular formula is C9H19NO3. The molecule has 0 aliphatic heterocycles. The van der Waals surface area contributed by atoms with Crippen LogP contribution in [0, 0.1) is 0 Å². The highest BCUT2D eigenvalue weighted by Gasteiger charge is 2.13. The molecule has 0 saturated heterocycles. The third-order valence-corrected chi connectivity index (χ3v) is 1.72. The van der Waals surface area contributed by atoms with E-state index < -0.39 is 6.04 Å². The first-order valence-electron chi connectivity index (χ1n) is 4.75. The Morgan fingerprint density at radius 1 is 1.54 bits per heavy atom. The minimum atomic E-state index is -0.580. The standard InChI is InChI=1S/C9H19NO3/c1-2-3-7-13-9(12)8(10)5-4-6-11/h8,11H,2-7,10H2,1H3. The van der Waals surface area contributed by atoms with E-state index in [2.05, 4.69) is 0 Å². The summed E-state index contributed by atoms with van der Waals surface area (Å²) in [6, 6.07) is -0.580. The van der Waals surface area contributed by atoms with Gasteiger partial charge in [0.15, 0.2) is 0 Å². The molecule has 0 radical (unpaired) electrons. The fourth-order valence-electron chi connectivity index (χ4n) is 0.853. The van der Waals surface area contributed by atoms with Crippen LogP contribution in [0.1, 0.15) is 32.6 Å². The molecule has 0 aromatic carbocycles. The number of carbonyl (C=O) groups is 1. The maximum absolute atomic E-state index is 11.1. The summed E-state index contributed by atoms with van der Waals surface area (Å²) >= 11 is 0. The van der Waals surface area contributed by atoms with Gasteiger partial charge in [-0.05, 0) is 19.3 Å². The number of aliphatic hydroxyl groups is 1. The van der Waals surface area contributed by atoms with Crippen molar-refractivity contribution in [2.45, 2.75) is 38.6 Å². The van der Waals surface area contributed by atoms with Crippen LogP contribution in [0.25, 0.3) is 0 Å². The van der Waals surface area contributed by atoms with Crippen LogP contribution in [0.2, 0.25) is 0 Å². The van der Waals surface area contributed by atoms with Crippen molar-refractivity contribution in [3.63, 3.8) is 0 Å². The van der Waals surface area contributed by atoms with Gasteiger partial charge in [-0.15, -0.1) is 0 Å². The molecule has 0 aliphatic carbocycles. The van der Waals surface area contributed by atoms with E-state index in [9.17, 15) is 4.79 Å². The summed E-state index contributed by atoms with van der Waals surface area (Å²) in [6.07, 6.45) is 2.91. The second kappa shape index (κ2) is 8.01. The van der Waals surface area contributed by atoms with Crippen molar-refractivity contribution in [2.24, 2.45) is 5.73 Å². The van der Waals surface area contributed by atoms with Crippen LogP contribution in [-0.4, -0.2) is 30.3 Å². The van der Waals surface area contributed by atoms with Crippen LogP contribution in [0.3, 0.4) is 0 Å². The third-order valence-electron chi connectivity index (χ3n) is 1.72. The van der Waals surface area contributed by atoms with Crippen molar-refractivity contribution < 1.29 is 14.6 Å². The Morgan fingerprint density at radius 3 is 2.77 bits per heavy atom. The lowest BCUT2D eigenvalue weighted by molar-refractivity contribution is -0.145. The van der Waals surface area contributed by atoms with Crippen molar-refractivity contribution in [1.82, 2.24) is 0 Å². The van der Waals surface area contributed by atoms with Crippen molar-refractivity contribution in [3.05, 3.63) is 0 Å². The Bertz CT molecular complexity index is 139. The van der Waals surface area contributed by atoms with Gasteiger partial charge in [-0.25, -0.2) is 0 Å². The number of unbranched alkanes of at least 4 members (excludes halogenated alkanes) is 1. The SMILES string of the molecule is CCCCOC(=O)C(N)CCCO. The molecule has 0 amide bonds. The molecule has 3 N–H and O–H groups in total. The first-order chi connectivity index (χ1) is 6.22. The summed E-state index contributed by atoms with van der Waals surface area (Å²) in [6.45, 7) is 2.54. The fourth-order valence-corrected chi connectivity index (χ4v) is 0.853. The molecule has 0 saturated carbocycles. The minimum Gasteiger partial charge on any atom is -0.465 e. The van der Waals surface area contributed by atoms with Gasteiger partial charge in [0.25, 0.3) is 0 Å². The molecule has 1 atom stereocenters. The lowest BCUT2D eigenvalue weighted by atomic mass is 10.2. The van der Waals surface area contributed by atoms with Gasteiger partial charge >= 0.3 is 5.97 Å². The van der Waals surface area contributed by atoms with Gasteiger partial charge < -0.3 is 15.6 Å². The topological polar surface area (TPSA) is 72.5 Å². The number of esters is 1. The number of ether oxygens (including phenoxy) is 1. The maximum atomic E-state index is 11.1. The zero-order valence-corrected chi connectivity index (χ0v) is 8.16. The molecule has 0 fully saturated rings. The second-order valence-corrected chi connectivity index (χ2v) is 2.99. The zero-order chi connectivity index (χ0) is 10.1. The highest BCUT2D eigenvalue weighted by atomic mass is 16.5. The van der Waals surface area contributed by atoms with E-state index in [0.29, 0.717) is 19.4 Å². The zero-order valence-electron chi connectivity index (χ0n) is 8.16. The highest BCUT2D eigenvalue weighted by Crippen LogP contribution is 1.97. The van der Waals surface area contributed by atoms with Gasteiger partial charge in [-0.2, -0.15) is 0 Å². The van der Waals surface area contributed by atoms with Crippen molar-refractivity contribution in [3.8, 4) is 0 Å². The quantitative estimate of drug-likeness (QED) is 0.450. The van der Waals surface area contributed by atoms with E-state index >= 15 is 0 Å². The average Bonchev–Trinajstić information content (AvgIpc) is 2.14. The minimum absolute atomic E-state index is 0.0654. The summed E-state index contributed by atoms with van der Waals surface area (Å²) in [5.41, 5.74) is 5.50. The molecule has 1 unspecified atom stereocenters. The Labute approximate surface area is 79.1 Å². The molecule has 78 valence electrons.